The minimum atomic E-state index is -4.49. The maximum atomic E-state index is 12.7. The first-order valence-corrected chi connectivity index (χ1v) is 8.06. The van der Waals surface area contributed by atoms with Gasteiger partial charge in [0, 0.05) is 11.8 Å². The van der Waals surface area contributed by atoms with Gasteiger partial charge in [0.15, 0.2) is 0 Å². The first-order valence-electron chi connectivity index (χ1n) is 8.06. The van der Waals surface area contributed by atoms with Crippen molar-refractivity contribution in [1.29, 1.82) is 0 Å². The molecule has 8 heteroatoms. The van der Waals surface area contributed by atoms with Crippen LogP contribution >= 0.6 is 0 Å². The molecule has 0 unspecified atom stereocenters. The van der Waals surface area contributed by atoms with Crippen molar-refractivity contribution in [3.05, 3.63) is 23.8 Å². The highest BCUT2D eigenvalue weighted by atomic mass is 19.4. The Morgan fingerprint density at radius 2 is 1.72 bits per heavy atom. The molecule has 0 atom stereocenters. The van der Waals surface area contributed by atoms with Crippen molar-refractivity contribution in [2.24, 2.45) is 0 Å². The molecule has 1 heterocycles. The van der Waals surface area contributed by atoms with Crippen LogP contribution in [0.3, 0.4) is 0 Å². The normalized spacial score (nSPS) is 15.0. The van der Waals surface area contributed by atoms with E-state index < -0.39 is 23.4 Å². The summed E-state index contributed by atoms with van der Waals surface area (Å²) in [5.41, 5.74) is 3.98. The molecule has 142 valence electrons. The van der Waals surface area contributed by atoms with Crippen molar-refractivity contribution in [3.8, 4) is 5.75 Å². The molecule has 1 fully saturated rings. The molecule has 1 amide bonds. The maximum Gasteiger partial charge on any atom is 0.416 e. The van der Waals surface area contributed by atoms with E-state index in [2.05, 4.69) is 0 Å². The third-order valence-corrected chi connectivity index (χ3v) is 3.06. The zero-order valence-corrected chi connectivity index (χ0v) is 15.1. The minimum Gasteiger partial charge on any atom is -0.487 e. The van der Waals surface area contributed by atoms with Crippen LogP contribution in [-0.2, 0) is 10.9 Å². The molecule has 1 aliphatic rings. The van der Waals surface area contributed by atoms with Gasteiger partial charge >= 0.3 is 12.3 Å². The van der Waals surface area contributed by atoms with E-state index in [1.807, 2.05) is 13.8 Å². The number of nitrogen functional groups attached to an aromatic ring is 1. The van der Waals surface area contributed by atoms with E-state index in [1.165, 1.54) is 11.0 Å². The summed E-state index contributed by atoms with van der Waals surface area (Å²) in [5.74, 6) is 0.0335. The number of rotatable bonds is 2. The van der Waals surface area contributed by atoms with Crippen molar-refractivity contribution in [1.82, 2.24) is 4.90 Å². The van der Waals surface area contributed by atoms with Gasteiger partial charge in [0.25, 0.3) is 0 Å². The monoisotopic (exact) mass is 362 g/mol. The first kappa shape index (κ1) is 20.9. The molecule has 0 bridgehead atoms. The van der Waals surface area contributed by atoms with Crippen LogP contribution in [0.2, 0.25) is 0 Å². The lowest BCUT2D eigenvalue weighted by molar-refractivity contribution is -0.137. The Bertz CT molecular complexity index is 592. The number of nitrogens with two attached hydrogens (primary N) is 1. The second kappa shape index (κ2) is 7.84. The first-order chi connectivity index (χ1) is 11.4. The number of anilines is 1. The van der Waals surface area contributed by atoms with Gasteiger partial charge in [0.05, 0.1) is 18.7 Å². The number of hydrogen-bond donors (Lipinski definition) is 1. The summed E-state index contributed by atoms with van der Waals surface area (Å²) in [4.78, 5) is 13.2. The molecule has 0 aliphatic carbocycles. The Kier molecular flexibility index (Phi) is 6.56. The van der Waals surface area contributed by atoms with Crippen LogP contribution in [0.1, 0.15) is 40.2 Å². The fourth-order valence-electron chi connectivity index (χ4n) is 2.03. The Morgan fingerprint density at radius 3 is 2.20 bits per heavy atom. The summed E-state index contributed by atoms with van der Waals surface area (Å²) in [6.07, 6.45) is -5.35. The van der Waals surface area contributed by atoms with E-state index in [0.29, 0.717) is 0 Å². The number of likely N-dealkylation sites (tertiary alicyclic amines) is 1. The van der Waals surface area contributed by atoms with Crippen molar-refractivity contribution >= 4 is 11.8 Å². The molecular weight excluding hydrogens is 337 g/mol. The molecule has 1 saturated heterocycles. The van der Waals surface area contributed by atoms with E-state index >= 15 is 0 Å². The maximum absolute atomic E-state index is 12.7. The van der Waals surface area contributed by atoms with Gasteiger partial charge in [-0.1, -0.05) is 13.8 Å². The topological polar surface area (TPSA) is 64.8 Å². The van der Waals surface area contributed by atoms with Crippen LogP contribution < -0.4 is 10.5 Å². The van der Waals surface area contributed by atoms with E-state index in [4.69, 9.17) is 15.2 Å². The summed E-state index contributed by atoms with van der Waals surface area (Å²) in [6.45, 7) is 9.77. The predicted octanol–water partition coefficient (Wildman–Crippen LogP) is 4.31. The Morgan fingerprint density at radius 1 is 1.16 bits per heavy atom. The highest BCUT2D eigenvalue weighted by molar-refractivity contribution is 5.69. The standard InChI is InChI=1S/C15H19F3N2O3.C2H6/c1-14(2,3)23-13(21)20-7-12(8-20)22-11-5-9(15(16,17)18)4-10(19)6-11;1-2/h4-6,12H,7-8,19H2,1-3H3;1-2H3. The van der Waals surface area contributed by atoms with E-state index in [0.717, 1.165) is 12.1 Å². The number of benzene rings is 1. The van der Waals surface area contributed by atoms with Crippen LogP contribution in [0, 0.1) is 0 Å². The van der Waals surface area contributed by atoms with Crippen molar-refractivity contribution < 1.29 is 27.4 Å². The number of ether oxygens (including phenoxy) is 2. The zero-order chi connectivity index (χ0) is 19.4. The number of halogens is 3. The average Bonchev–Trinajstić information content (AvgIpc) is 2.41. The second-order valence-electron chi connectivity index (χ2n) is 6.41. The van der Waals surface area contributed by atoms with Gasteiger partial charge in [0.1, 0.15) is 17.5 Å². The van der Waals surface area contributed by atoms with Gasteiger partial charge in [-0.15, -0.1) is 0 Å². The van der Waals surface area contributed by atoms with E-state index in [-0.39, 0.29) is 30.6 Å². The minimum absolute atomic E-state index is 0.0295. The Hall–Kier alpha value is -2.12. The van der Waals surface area contributed by atoms with E-state index in [1.54, 1.807) is 20.8 Å². The smallest absolute Gasteiger partial charge is 0.416 e. The van der Waals surface area contributed by atoms with Gasteiger partial charge in [-0.05, 0) is 32.9 Å². The molecular formula is C17H25F3N2O3. The molecule has 25 heavy (non-hydrogen) atoms. The summed E-state index contributed by atoms with van der Waals surface area (Å²) in [5, 5.41) is 0. The lowest BCUT2D eigenvalue weighted by atomic mass is 10.1. The molecule has 0 spiro atoms. The number of carbonyl (C=O) groups excluding carboxylic acids is 1. The number of carbonyl (C=O) groups is 1. The molecule has 0 radical (unpaired) electrons. The number of hydrogen-bond acceptors (Lipinski definition) is 4. The van der Waals surface area contributed by atoms with Gasteiger partial charge in [-0.25, -0.2) is 4.79 Å². The van der Waals surface area contributed by atoms with Crippen LogP contribution in [0.5, 0.6) is 5.75 Å². The van der Waals surface area contributed by atoms with Crippen LogP contribution in [0.4, 0.5) is 23.7 Å². The van der Waals surface area contributed by atoms with Crippen LogP contribution in [-0.4, -0.2) is 35.8 Å². The molecule has 2 rings (SSSR count). The van der Waals surface area contributed by atoms with Crippen molar-refractivity contribution in [3.63, 3.8) is 0 Å². The van der Waals surface area contributed by atoms with E-state index in [9.17, 15) is 18.0 Å². The SMILES string of the molecule is CC.CC(C)(C)OC(=O)N1CC(Oc2cc(N)cc(C(F)(F)F)c2)C1. The summed E-state index contributed by atoms with van der Waals surface area (Å²) >= 11 is 0. The lowest BCUT2D eigenvalue weighted by Crippen LogP contribution is -2.57. The van der Waals surface area contributed by atoms with Gasteiger partial charge in [-0.3, -0.25) is 0 Å². The van der Waals surface area contributed by atoms with Crippen molar-refractivity contribution in [2.75, 3.05) is 18.8 Å². The number of nitrogens with zero attached hydrogens (tertiary/aromatic N) is 1. The zero-order valence-electron chi connectivity index (χ0n) is 15.1. The molecule has 0 saturated carbocycles. The molecule has 5 nitrogen and oxygen atoms in total. The molecule has 1 aromatic rings. The highest BCUT2D eigenvalue weighted by Crippen LogP contribution is 2.34. The molecule has 2 N–H and O–H groups in total. The fourth-order valence-corrected chi connectivity index (χ4v) is 2.03. The second-order valence-corrected chi connectivity index (χ2v) is 6.41. The Balaban J connectivity index is 0.00000151. The van der Waals surface area contributed by atoms with Crippen molar-refractivity contribution in [2.45, 2.75) is 52.5 Å². The Labute approximate surface area is 145 Å². The average molecular weight is 362 g/mol. The van der Waals surface area contributed by atoms with Gasteiger partial charge in [0.2, 0.25) is 0 Å². The number of alkyl halides is 3. The summed E-state index contributed by atoms with van der Waals surface area (Å²) in [7, 11) is 0. The highest BCUT2D eigenvalue weighted by Gasteiger charge is 2.36. The number of amides is 1. The molecule has 1 aromatic carbocycles. The van der Waals surface area contributed by atoms with Gasteiger partial charge in [-0.2, -0.15) is 13.2 Å². The van der Waals surface area contributed by atoms with Gasteiger partial charge < -0.3 is 20.1 Å². The quantitative estimate of drug-likeness (QED) is 0.796. The molecule has 0 aromatic heterocycles. The van der Waals surface area contributed by atoms with Crippen LogP contribution in [0.15, 0.2) is 18.2 Å². The summed E-state index contributed by atoms with van der Waals surface area (Å²) < 4.78 is 48.8. The third-order valence-electron chi connectivity index (χ3n) is 3.06. The predicted molar refractivity (Wildman–Crippen MR) is 89.4 cm³/mol. The molecule has 1 aliphatic heterocycles. The summed E-state index contributed by atoms with van der Waals surface area (Å²) in [6, 6.07) is 3.07. The largest absolute Gasteiger partial charge is 0.487 e. The fraction of sp³-hybridized carbons (Fsp3) is 0.588. The third kappa shape index (κ3) is 6.36. The van der Waals surface area contributed by atoms with Crippen LogP contribution in [0.25, 0.3) is 0 Å². The lowest BCUT2D eigenvalue weighted by Gasteiger charge is -2.39.